The highest BCUT2D eigenvalue weighted by Crippen LogP contribution is 2.72. The van der Waals surface area contributed by atoms with Gasteiger partial charge in [-0.25, -0.2) is 0 Å². The maximum atomic E-state index is 14.4. The third kappa shape index (κ3) is 3.61. The van der Waals surface area contributed by atoms with Crippen molar-refractivity contribution in [2.24, 2.45) is 17.3 Å². The van der Waals surface area contributed by atoms with Crippen molar-refractivity contribution in [1.82, 2.24) is 0 Å². The van der Waals surface area contributed by atoms with Crippen LogP contribution in [0.15, 0.2) is 97.1 Å². The van der Waals surface area contributed by atoms with Crippen LogP contribution in [0.2, 0.25) is 20.1 Å². The number of carbonyl (C=O) groups is 2. The normalized spacial score (nSPS) is 25.4. The first-order valence-electron chi connectivity index (χ1n) is 13.2. The fraction of sp³-hybridized carbons (Fsp3) is 0.212. The van der Waals surface area contributed by atoms with E-state index in [1.54, 1.807) is 48.5 Å². The molecule has 1 saturated carbocycles. The molecule has 2 atom stereocenters. The van der Waals surface area contributed by atoms with E-state index in [0.29, 0.717) is 32.9 Å². The van der Waals surface area contributed by atoms with Gasteiger partial charge in [-0.15, -0.1) is 0 Å². The highest BCUT2D eigenvalue weighted by atomic mass is 35.5. The Morgan fingerprint density at radius 1 is 0.463 bits per heavy atom. The third-order valence-corrected chi connectivity index (χ3v) is 10.1. The third-order valence-electron chi connectivity index (χ3n) is 9.10. The number of hydrogen-bond donors (Lipinski definition) is 0. The van der Waals surface area contributed by atoms with E-state index in [4.69, 9.17) is 55.9 Å². The smallest absolute Gasteiger partial charge is 0.325 e. The zero-order chi connectivity index (χ0) is 28.6. The number of esters is 2. The lowest BCUT2D eigenvalue weighted by Crippen LogP contribution is -2.44. The zero-order valence-corrected chi connectivity index (χ0v) is 24.5. The first-order chi connectivity index (χ1) is 19.7. The molecular formula is C33H22Cl4O4. The largest absolute Gasteiger partial charge is 0.448 e. The molecule has 0 bridgehead atoms. The molecule has 4 aromatic rings. The monoisotopic (exact) mass is 622 g/mol. The molecule has 3 aliphatic rings. The second kappa shape index (κ2) is 9.50. The summed E-state index contributed by atoms with van der Waals surface area (Å²) >= 11 is 25.0. The topological polar surface area (TPSA) is 52.6 Å². The molecule has 2 saturated heterocycles. The number of hydrogen-bond acceptors (Lipinski definition) is 4. The number of ether oxygens (including phenoxy) is 2. The summed E-state index contributed by atoms with van der Waals surface area (Å²) in [4.78, 5) is 28.8. The Hall–Kier alpha value is -3.02. The van der Waals surface area contributed by atoms with Crippen molar-refractivity contribution in [3.05, 3.63) is 139 Å². The first kappa shape index (κ1) is 26.9. The Morgan fingerprint density at radius 3 is 0.951 bits per heavy atom. The summed E-state index contributed by atoms with van der Waals surface area (Å²) in [6.07, 6.45) is 1.08. The summed E-state index contributed by atoms with van der Waals surface area (Å²) < 4.78 is 13.0. The van der Waals surface area contributed by atoms with Crippen molar-refractivity contribution in [1.29, 1.82) is 0 Å². The maximum Gasteiger partial charge on any atom is 0.325 e. The van der Waals surface area contributed by atoms with Gasteiger partial charge in [-0.3, -0.25) is 9.59 Å². The van der Waals surface area contributed by atoms with Crippen LogP contribution in [-0.4, -0.2) is 11.9 Å². The van der Waals surface area contributed by atoms with Gasteiger partial charge >= 0.3 is 11.9 Å². The second-order valence-corrected chi connectivity index (χ2v) is 12.6. The van der Waals surface area contributed by atoms with Gasteiger partial charge in [0.15, 0.2) is 16.6 Å². The van der Waals surface area contributed by atoms with Gasteiger partial charge in [-0.2, -0.15) is 0 Å². The highest BCUT2D eigenvalue weighted by molar-refractivity contribution is 6.31. The molecule has 0 N–H and O–H groups in total. The number of cyclic esters (lactones) is 2. The van der Waals surface area contributed by atoms with E-state index in [2.05, 4.69) is 0 Å². The fourth-order valence-electron chi connectivity index (χ4n) is 7.50. The summed E-state index contributed by atoms with van der Waals surface area (Å²) in [5.74, 6) is -2.29. The highest BCUT2D eigenvalue weighted by Gasteiger charge is 2.82. The van der Waals surface area contributed by atoms with Crippen molar-refractivity contribution >= 4 is 58.3 Å². The molecule has 41 heavy (non-hydrogen) atoms. The van der Waals surface area contributed by atoms with E-state index in [-0.39, 0.29) is 0 Å². The molecule has 0 radical (unpaired) electrons. The van der Waals surface area contributed by atoms with Gasteiger partial charge in [0.1, 0.15) is 0 Å². The molecule has 2 aliphatic heterocycles. The van der Waals surface area contributed by atoms with Gasteiger partial charge in [0.05, 0.1) is 0 Å². The summed E-state index contributed by atoms with van der Waals surface area (Å²) in [6.45, 7) is 0. The summed E-state index contributed by atoms with van der Waals surface area (Å²) in [7, 11) is 0. The number of rotatable bonds is 4. The number of carbonyl (C=O) groups excluding carboxylic acids is 2. The first-order valence-corrected chi connectivity index (χ1v) is 14.7. The molecule has 4 nitrogen and oxygen atoms in total. The van der Waals surface area contributed by atoms with Gasteiger partial charge in [-0.05, 0) is 61.4 Å². The van der Waals surface area contributed by atoms with Crippen LogP contribution in [0.3, 0.4) is 0 Å². The van der Waals surface area contributed by atoms with E-state index in [1.165, 1.54) is 0 Å². The fourth-order valence-corrected chi connectivity index (χ4v) is 8.00. The van der Waals surface area contributed by atoms with Crippen LogP contribution in [0.5, 0.6) is 0 Å². The minimum atomic E-state index is -1.56. The molecule has 7 rings (SSSR count). The average Bonchev–Trinajstić information content (AvgIpc) is 3.58. The van der Waals surface area contributed by atoms with Crippen LogP contribution < -0.4 is 0 Å². The lowest BCUT2D eigenvalue weighted by Gasteiger charge is -2.35. The van der Waals surface area contributed by atoms with Crippen LogP contribution in [0.4, 0.5) is 0 Å². The van der Waals surface area contributed by atoms with Crippen molar-refractivity contribution in [3.63, 3.8) is 0 Å². The van der Waals surface area contributed by atoms with Gasteiger partial charge in [0.25, 0.3) is 0 Å². The quantitative estimate of drug-likeness (QED) is 0.169. The van der Waals surface area contributed by atoms with Crippen molar-refractivity contribution < 1.29 is 19.1 Å². The van der Waals surface area contributed by atoms with Gasteiger partial charge in [0, 0.05) is 54.2 Å². The van der Waals surface area contributed by atoms with Gasteiger partial charge < -0.3 is 9.47 Å². The average molecular weight is 624 g/mol. The van der Waals surface area contributed by atoms with Crippen molar-refractivity contribution in [2.45, 2.75) is 24.0 Å². The van der Waals surface area contributed by atoms with Crippen LogP contribution in [0.25, 0.3) is 0 Å². The summed E-state index contributed by atoms with van der Waals surface area (Å²) in [6, 6.07) is 28.9. The molecule has 0 aromatic heterocycles. The number of halogens is 4. The molecule has 1 spiro atoms. The van der Waals surface area contributed by atoms with Crippen LogP contribution >= 0.6 is 46.4 Å². The predicted octanol–water partition coefficient (Wildman–Crippen LogP) is 8.61. The molecule has 0 amide bonds. The minimum absolute atomic E-state index is 0.541. The van der Waals surface area contributed by atoms with Crippen molar-refractivity contribution in [2.75, 3.05) is 0 Å². The molecule has 2 heterocycles. The van der Waals surface area contributed by atoms with Crippen LogP contribution in [0.1, 0.15) is 35.1 Å². The Kier molecular flexibility index (Phi) is 6.22. The molecule has 3 fully saturated rings. The van der Waals surface area contributed by atoms with Gasteiger partial charge in [0.2, 0.25) is 0 Å². The minimum Gasteiger partial charge on any atom is -0.448 e. The van der Waals surface area contributed by atoms with E-state index in [9.17, 15) is 9.59 Å². The second-order valence-electron chi connectivity index (χ2n) is 10.8. The lowest BCUT2D eigenvalue weighted by atomic mass is 9.61. The predicted molar refractivity (Wildman–Crippen MR) is 158 cm³/mol. The Morgan fingerprint density at radius 2 is 0.707 bits per heavy atom. The van der Waals surface area contributed by atoms with E-state index in [1.807, 2.05) is 48.5 Å². The standard InChI is InChI=1S/C33H22Cl4O4/c34-23-9-1-19(2-10-23)32(20-3-11-24(35)12-4-20)27-17-18-28-31(27,29(38)40-32)30(39)41-33(28,21-5-13-25(36)14-6-21)22-7-15-26(37)16-8-22/h1-16,27-28H,17-18H2/t27-,28-,31?/m1/s1. The maximum absolute atomic E-state index is 14.4. The lowest BCUT2D eigenvalue weighted by molar-refractivity contribution is -0.161. The molecule has 0 unspecified atom stereocenters. The summed E-state index contributed by atoms with van der Waals surface area (Å²) in [5.41, 5.74) is -1.16. The van der Waals surface area contributed by atoms with Crippen LogP contribution in [0, 0.1) is 17.3 Å². The zero-order valence-electron chi connectivity index (χ0n) is 21.5. The van der Waals surface area contributed by atoms with Crippen molar-refractivity contribution in [3.8, 4) is 0 Å². The van der Waals surface area contributed by atoms with E-state index in [0.717, 1.165) is 22.3 Å². The van der Waals surface area contributed by atoms with Crippen LogP contribution in [-0.2, 0) is 30.3 Å². The molecule has 8 heteroatoms. The Labute approximate surface area is 257 Å². The number of benzene rings is 4. The Bertz CT molecular complexity index is 1450. The summed E-state index contributed by atoms with van der Waals surface area (Å²) in [5, 5.41) is 2.20. The Balaban J connectivity index is 1.48. The SMILES string of the molecule is O=C1OC(c2ccc(Cl)cc2)(c2ccc(Cl)cc2)[C@@H]2CC[C@H]3C(c4ccc(Cl)cc4)(c4ccc(Cl)cc4)OC(=O)C123. The molecule has 4 aromatic carbocycles. The molecule has 1 aliphatic carbocycles. The van der Waals surface area contributed by atoms with E-state index >= 15 is 0 Å². The molecule has 206 valence electrons. The molecular weight excluding hydrogens is 602 g/mol. The van der Waals surface area contributed by atoms with Gasteiger partial charge in [-0.1, -0.05) is 94.9 Å². The van der Waals surface area contributed by atoms with E-state index < -0.39 is 40.4 Å².